The number of hydrogen-bond acceptors (Lipinski definition) is 3. The van der Waals surface area contributed by atoms with Crippen LogP contribution in [0.2, 0.25) is 0 Å². The molecule has 0 aliphatic heterocycles. The zero-order valence-corrected chi connectivity index (χ0v) is 14.8. The van der Waals surface area contributed by atoms with Crippen LogP contribution in [-0.2, 0) is 6.42 Å². The first kappa shape index (κ1) is 17.6. The van der Waals surface area contributed by atoms with Gasteiger partial charge in [0.05, 0.1) is 10.7 Å². The van der Waals surface area contributed by atoms with Crippen LogP contribution in [0.4, 0.5) is 0 Å². The Morgan fingerprint density at radius 2 is 2.10 bits per heavy atom. The summed E-state index contributed by atoms with van der Waals surface area (Å²) in [6, 6.07) is 0. The van der Waals surface area contributed by atoms with Crippen molar-refractivity contribution in [2.24, 2.45) is 11.3 Å². The lowest BCUT2D eigenvalue weighted by Gasteiger charge is -2.33. The fourth-order valence-corrected chi connectivity index (χ4v) is 3.33. The van der Waals surface area contributed by atoms with Crippen LogP contribution in [0.3, 0.4) is 0 Å². The summed E-state index contributed by atoms with van der Waals surface area (Å²) in [6.07, 6.45) is 6.26. The summed E-state index contributed by atoms with van der Waals surface area (Å²) in [6.45, 7) is 13.5. The van der Waals surface area contributed by atoms with E-state index in [1.54, 1.807) is 11.3 Å². The van der Waals surface area contributed by atoms with Crippen molar-refractivity contribution in [3.8, 4) is 0 Å². The van der Waals surface area contributed by atoms with E-state index in [4.69, 9.17) is 0 Å². The molecule has 0 aliphatic rings. The molecule has 0 saturated carbocycles. The van der Waals surface area contributed by atoms with E-state index in [1.807, 2.05) is 0 Å². The van der Waals surface area contributed by atoms with E-state index in [1.165, 1.54) is 36.4 Å². The third-order valence-corrected chi connectivity index (χ3v) is 4.91. The minimum absolute atomic E-state index is 0.380. The Hall–Kier alpha value is -0.410. The van der Waals surface area contributed by atoms with Gasteiger partial charge in [-0.3, -0.25) is 0 Å². The maximum absolute atomic E-state index is 4.69. The number of unbranched alkanes of at least 4 members (excludes halogenated alkanes) is 1. The Morgan fingerprint density at radius 1 is 1.35 bits per heavy atom. The number of rotatable bonds is 10. The fourth-order valence-electron chi connectivity index (χ4n) is 2.72. The first-order chi connectivity index (χ1) is 9.51. The SMILES string of the molecule is CCCCC(CC)(CNCC(C)C)Cc1csc(C)n1. The second-order valence-corrected chi connectivity index (χ2v) is 7.58. The van der Waals surface area contributed by atoms with E-state index in [0.717, 1.165) is 25.4 Å². The van der Waals surface area contributed by atoms with Gasteiger partial charge in [0.1, 0.15) is 0 Å². The molecule has 0 amide bonds. The molecule has 0 saturated heterocycles. The number of hydrogen-bond donors (Lipinski definition) is 1. The minimum atomic E-state index is 0.380. The molecule has 1 unspecified atom stereocenters. The third kappa shape index (κ3) is 5.92. The lowest BCUT2D eigenvalue weighted by molar-refractivity contribution is 0.224. The van der Waals surface area contributed by atoms with Crippen LogP contribution >= 0.6 is 11.3 Å². The maximum Gasteiger partial charge on any atom is 0.0897 e. The van der Waals surface area contributed by atoms with Gasteiger partial charge in [-0.15, -0.1) is 11.3 Å². The second kappa shape index (κ2) is 8.78. The van der Waals surface area contributed by atoms with Gasteiger partial charge in [0.15, 0.2) is 0 Å². The van der Waals surface area contributed by atoms with E-state index < -0.39 is 0 Å². The summed E-state index contributed by atoms with van der Waals surface area (Å²) >= 11 is 1.78. The van der Waals surface area contributed by atoms with Crippen LogP contribution < -0.4 is 5.32 Å². The number of nitrogens with zero attached hydrogens (tertiary/aromatic N) is 1. The topological polar surface area (TPSA) is 24.9 Å². The number of nitrogens with one attached hydrogen (secondary N) is 1. The second-order valence-electron chi connectivity index (χ2n) is 6.52. The Morgan fingerprint density at radius 3 is 2.60 bits per heavy atom. The van der Waals surface area contributed by atoms with Crippen LogP contribution in [0, 0.1) is 18.3 Å². The average molecular weight is 297 g/mol. The predicted molar refractivity (Wildman–Crippen MR) is 90.5 cm³/mol. The molecule has 1 rings (SSSR count). The highest BCUT2D eigenvalue weighted by Gasteiger charge is 2.28. The van der Waals surface area contributed by atoms with Gasteiger partial charge in [0.2, 0.25) is 0 Å². The van der Waals surface area contributed by atoms with Crippen LogP contribution in [0.5, 0.6) is 0 Å². The molecule has 0 aromatic carbocycles. The van der Waals surface area contributed by atoms with Gasteiger partial charge in [-0.05, 0) is 44.1 Å². The van der Waals surface area contributed by atoms with Crippen LogP contribution in [0.15, 0.2) is 5.38 Å². The quantitative estimate of drug-likeness (QED) is 0.669. The molecular formula is C17H32N2S. The smallest absolute Gasteiger partial charge is 0.0897 e. The van der Waals surface area contributed by atoms with Gasteiger partial charge in [-0.25, -0.2) is 4.98 Å². The summed E-state index contributed by atoms with van der Waals surface area (Å²) in [4.78, 5) is 4.69. The molecule has 116 valence electrons. The Balaban J connectivity index is 2.69. The van der Waals surface area contributed by atoms with Crippen molar-refractivity contribution in [1.29, 1.82) is 0 Å². The number of thiazole rings is 1. The van der Waals surface area contributed by atoms with E-state index >= 15 is 0 Å². The molecule has 1 aromatic heterocycles. The molecular weight excluding hydrogens is 264 g/mol. The summed E-state index contributed by atoms with van der Waals surface area (Å²) in [7, 11) is 0. The van der Waals surface area contributed by atoms with Crippen LogP contribution in [0.25, 0.3) is 0 Å². The predicted octanol–water partition coefficient (Wildman–Crippen LogP) is 4.83. The zero-order valence-electron chi connectivity index (χ0n) is 14.0. The lowest BCUT2D eigenvalue weighted by Crippen LogP contribution is -2.37. The Kier molecular flexibility index (Phi) is 7.75. The fraction of sp³-hybridized carbons (Fsp3) is 0.824. The standard InChI is InChI=1S/C17H32N2S/c1-6-8-9-17(7-2,13-18-11-14(3)4)10-16-12-20-15(5)19-16/h12,14,18H,6-11,13H2,1-5H3. The van der Waals surface area contributed by atoms with Gasteiger partial charge in [-0.2, -0.15) is 0 Å². The number of aromatic nitrogens is 1. The van der Waals surface area contributed by atoms with Crippen LogP contribution in [-0.4, -0.2) is 18.1 Å². The molecule has 0 bridgehead atoms. The van der Waals surface area contributed by atoms with Gasteiger partial charge in [-0.1, -0.05) is 40.5 Å². The summed E-state index contributed by atoms with van der Waals surface area (Å²) in [5.74, 6) is 0.720. The molecule has 1 aromatic rings. The van der Waals surface area contributed by atoms with Gasteiger partial charge >= 0.3 is 0 Å². The average Bonchev–Trinajstić information content (AvgIpc) is 2.80. The molecule has 0 fully saturated rings. The summed E-state index contributed by atoms with van der Waals surface area (Å²) in [5, 5.41) is 7.12. The minimum Gasteiger partial charge on any atom is -0.316 e. The van der Waals surface area contributed by atoms with Crippen molar-refractivity contribution in [1.82, 2.24) is 10.3 Å². The molecule has 1 atom stereocenters. The van der Waals surface area contributed by atoms with E-state index in [-0.39, 0.29) is 0 Å². The monoisotopic (exact) mass is 296 g/mol. The highest BCUT2D eigenvalue weighted by atomic mass is 32.1. The van der Waals surface area contributed by atoms with Crippen molar-refractivity contribution < 1.29 is 0 Å². The first-order valence-electron chi connectivity index (χ1n) is 8.13. The van der Waals surface area contributed by atoms with Gasteiger partial charge in [0, 0.05) is 11.9 Å². The number of aryl methyl sites for hydroxylation is 1. The molecule has 3 heteroatoms. The maximum atomic E-state index is 4.69. The Labute approximate surface area is 129 Å². The summed E-state index contributed by atoms with van der Waals surface area (Å²) in [5.41, 5.74) is 1.67. The molecule has 0 spiro atoms. The van der Waals surface area contributed by atoms with Crippen molar-refractivity contribution in [3.63, 3.8) is 0 Å². The van der Waals surface area contributed by atoms with Gasteiger partial charge in [0.25, 0.3) is 0 Å². The first-order valence-corrected chi connectivity index (χ1v) is 9.01. The van der Waals surface area contributed by atoms with Gasteiger partial charge < -0.3 is 5.32 Å². The largest absolute Gasteiger partial charge is 0.316 e. The molecule has 2 nitrogen and oxygen atoms in total. The third-order valence-electron chi connectivity index (χ3n) is 4.09. The van der Waals surface area contributed by atoms with Crippen molar-refractivity contribution in [3.05, 3.63) is 16.1 Å². The normalized spacial score (nSPS) is 14.7. The van der Waals surface area contributed by atoms with E-state index in [9.17, 15) is 0 Å². The summed E-state index contributed by atoms with van der Waals surface area (Å²) < 4.78 is 0. The molecule has 0 radical (unpaired) electrons. The van der Waals surface area contributed by atoms with E-state index in [2.05, 4.69) is 50.3 Å². The highest BCUT2D eigenvalue weighted by Crippen LogP contribution is 2.33. The lowest BCUT2D eigenvalue weighted by atomic mass is 9.76. The molecule has 20 heavy (non-hydrogen) atoms. The van der Waals surface area contributed by atoms with Crippen LogP contribution in [0.1, 0.15) is 64.1 Å². The Bertz CT molecular complexity index is 373. The molecule has 1 N–H and O–H groups in total. The van der Waals surface area contributed by atoms with Crippen molar-refractivity contribution in [2.45, 2.75) is 66.7 Å². The highest BCUT2D eigenvalue weighted by molar-refractivity contribution is 7.09. The van der Waals surface area contributed by atoms with Crippen molar-refractivity contribution in [2.75, 3.05) is 13.1 Å². The van der Waals surface area contributed by atoms with Crippen molar-refractivity contribution >= 4 is 11.3 Å². The molecule has 0 aliphatic carbocycles. The zero-order chi connectivity index (χ0) is 15.0. The van der Waals surface area contributed by atoms with E-state index in [0.29, 0.717) is 5.41 Å². The molecule has 1 heterocycles.